The van der Waals surface area contributed by atoms with Crippen LogP contribution in [0.3, 0.4) is 0 Å². The van der Waals surface area contributed by atoms with Gasteiger partial charge in [0.2, 0.25) is 0 Å². The number of benzene rings is 2. The molecule has 2 aromatic carbocycles. The van der Waals surface area contributed by atoms with E-state index in [9.17, 15) is 16.8 Å². The lowest BCUT2D eigenvalue weighted by atomic mass is 10.00. The van der Waals surface area contributed by atoms with Crippen LogP contribution in [0.25, 0.3) is 0 Å². The summed E-state index contributed by atoms with van der Waals surface area (Å²) < 4.78 is 59.8. The average Bonchev–Trinajstić information content (AvgIpc) is 2.72. The third-order valence-electron chi connectivity index (χ3n) is 5.04. The maximum Gasteiger partial charge on any atom is 0.297 e. The molecule has 30 heavy (non-hydrogen) atoms. The molecule has 1 fully saturated rings. The minimum Gasteiger partial charge on any atom is -0.307 e. The highest BCUT2D eigenvalue weighted by atomic mass is 32.2. The van der Waals surface area contributed by atoms with Crippen LogP contribution in [0.4, 0.5) is 0 Å². The van der Waals surface area contributed by atoms with Crippen LogP contribution < -0.4 is 5.32 Å². The Balaban J connectivity index is 1.52. The normalized spacial score (nSPS) is 20.2. The predicted molar refractivity (Wildman–Crippen MR) is 113 cm³/mol. The van der Waals surface area contributed by atoms with Crippen LogP contribution >= 0.6 is 0 Å². The molecule has 0 saturated carbocycles. The first-order chi connectivity index (χ1) is 14.2. The summed E-state index contributed by atoms with van der Waals surface area (Å²) in [5.41, 5.74) is 1.93. The van der Waals surface area contributed by atoms with Crippen molar-refractivity contribution in [3.8, 4) is 0 Å². The molecule has 0 aromatic heterocycles. The summed E-state index contributed by atoms with van der Waals surface area (Å²) in [6, 6.07) is 12.6. The summed E-state index contributed by atoms with van der Waals surface area (Å²) >= 11 is 0. The predicted octanol–water partition coefficient (Wildman–Crippen LogP) is 2.92. The zero-order valence-corrected chi connectivity index (χ0v) is 18.7. The van der Waals surface area contributed by atoms with Gasteiger partial charge in [-0.1, -0.05) is 41.8 Å². The van der Waals surface area contributed by atoms with Crippen molar-refractivity contribution in [1.82, 2.24) is 5.32 Å². The number of nitrogens with one attached hydrogen (secondary N) is 1. The largest absolute Gasteiger partial charge is 0.307 e. The molecule has 164 valence electrons. The molecule has 0 aliphatic carbocycles. The first-order valence-electron chi connectivity index (χ1n) is 9.84. The van der Waals surface area contributed by atoms with E-state index in [-0.39, 0.29) is 35.1 Å². The topological polar surface area (TPSA) is 98.8 Å². The van der Waals surface area contributed by atoms with Gasteiger partial charge in [0, 0.05) is 12.1 Å². The van der Waals surface area contributed by atoms with E-state index in [0.29, 0.717) is 0 Å². The SMILES string of the molecule is Cc1ccc(S(=O)(=O)OCC2CCCC(COS(=O)(=O)c3ccc(C)cc3)N2)cc1. The Morgan fingerprint density at radius 3 is 1.47 bits per heavy atom. The molecule has 1 saturated heterocycles. The Hall–Kier alpha value is -1.78. The molecule has 1 N–H and O–H groups in total. The summed E-state index contributed by atoms with van der Waals surface area (Å²) in [4.78, 5) is 0.237. The van der Waals surface area contributed by atoms with E-state index < -0.39 is 20.2 Å². The van der Waals surface area contributed by atoms with E-state index in [1.807, 2.05) is 13.8 Å². The van der Waals surface area contributed by atoms with Crippen molar-refractivity contribution >= 4 is 20.2 Å². The lowest BCUT2D eigenvalue weighted by Crippen LogP contribution is -2.47. The van der Waals surface area contributed by atoms with E-state index in [0.717, 1.165) is 30.4 Å². The number of rotatable bonds is 8. The van der Waals surface area contributed by atoms with Gasteiger partial charge in [-0.3, -0.25) is 8.37 Å². The van der Waals surface area contributed by atoms with Crippen molar-refractivity contribution in [3.05, 3.63) is 59.7 Å². The zero-order chi connectivity index (χ0) is 21.8. The fourth-order valence-electron chi connectivity index (χ4n) is 3.26. The van der Waals surface area contributed by atoms with E-state index in [1.54, 1.807) is 24.3 Å². The Morgan fingerprint density at radius 1 is 0.733 bits per heavy atom. The van der Waals surface area contributed by atoms with E-state index >= 15 is 0 Å². The highest BCUT2D eigenvalue weighted by Crippen LogP contribution is 2.19. The van der Waals surface area contributed by atoms with Crippen LogP contribution in [0, 0.1) is 13.8 Å². The minimum atomic E-state index is -3.84. The molecular weight excluding hydrogens is 426 g/mol. The van der Waals surface area contributed by atoms with Gasteiger partial charge in [0.25, 0.3) is 20.2 Å². The molecule has 2 unspecified atom stereocenters. The van der Waals surface area contributed by atoms with Crippen molar-refractivity contribution in [1.29, 1.82) is 0 Å². The minimum absolute atomic E-state index is 0.0164. The lowest BCUT2D eigenvalue weighted by Gasteiger charge is -2.30. The molecule has 2 aromatic rings. The third kappa shape index (κ3) is 6.12. The lowest BCUT2D eigenvalue weighted by molar-refractivity contribution is 0.181. The Bertz CT molecular complexity index is 962. The molecule has 1 aliphatic rings. The Morgan fingerprint density at radius 2 is 1.10 bits per heavy atom. The quantitative estimate of drug-likeness (QED) is 0.614. The van der Waals surface area contributed by atoms with Crippen LogP contribution in [0.15, 0.2) is 58.3 Å². The average molecular weight is 454 g/mol. The van der Waals surface area contributed by atoms with Crippen molar-refractivity contribution in [3.63, 3.8) is 0 Å². The number of hydrogen-bond donors (Lipinski definition) is 1. The summed E-state index contributed by atoms with van der Waals surface area (Å²) in [6.45, 7) is 3.73. The van der Waals surface area contributed by atoms with Crippen molar-refractivity contribution in [2.24, 2.45) is 0 Å². The second kappa shape index (κ2) is 9.57. The van der Waals surface area contributed by atoms with Crippen LogP contribution in [0.2, 0.25) is 0 Å². The van der Waals surface area contributed by atoms with Crippen LogP contribution in [0.1, 0.15) is 30.4 Å². The molecule has 1 heterocycles. The Labute approximate surface area is 178 Å². The monoisotopic (exact) mass is 453 g/mol. The van der Waals surface area contributed by atoms with E-state index in [1.165, 1.54) is 24.3 Å². The summed E-state index contributed by atoms with van der Waals surface area (Å²) in [5.74, 6) is 0. The number of piperidine rings is 1. The summed E-state index contributed by atoms with van der Waals surface area (Å²) in [7, 11) is -7.67. The smallest absolute Gasteiger partial charge is 0.297 e. The Kier molecular flexibility index (Phi) is 7.30. The molecule has 3 rings (SSSR count). The van der Waals surface area contributed by atoms with Gasteiger partial charge < -0.3 is 5.32 Å². The molecule has 2 atom stereocenters. The first-order valence-corrected chi connectivity index (χ1v) is 12.7. The maximum absolute atomic E-state index is 12.4. The van der Waals surface area contributed by atoms with E-state index in [4.69, 9.17) is 8.37 Å². The first kappa shape index (κ1) is 22.9. The molecule has 0 radical (unpaired) electrons. The van der Waals surface area contributed by atoms with Crippen LogP contribution in [0.5, 0.6) is 0 Å². The molecular formula is C21H27NO6S2. The van der Waals surface area contributed by atoms with Gasteiger partial charge in [0.05, 0.1) is 23.0 Å². The van der Waals surface area contributed by atoms with Crippen molar-refractivity contribution < 1.29 is 25.2 Å². The van der Waals surface area contributed by atoms with Gasteiger partial charge in [-0.25, -0.2) is 0 Å². The molecule has 0 amide bonds. The zero-order valence-electron chi connectivity index (χ0n) is 17.1. The highest BCUT2D eigenvalue weighted by molar-refractivity contribution is 7.87. The number of hydrogen-bond acceptors (Lipinski definition) is 7. The molecule has 9 heteroatoms. The fourth-order valence-corrected chi connectivity index (χ4v) is 5.16. The maximum atomic E-state index is 12.4. The van der Waals surface area contributed by atoms with Crippen LogP contribution in [-0.4, -0.2) is 42.1 Å². The van der Waals surface area contributed by atoms with Gasteiger partial charge in [-0.2, -0.15) is 16.8 Å². The van der Waals surface area contributed by atoms with E-state index in [2.05, 4.69) is 5.32 Å². The van der Waals surface area contributed by atoms with Gasteiger partial charge in [-0.05, 0) is 51.0 Å². The van der Waals surface area contributed by atoms with Crippen molar-refractivity contribution in [2.75, 3.05) is 13.2 Å². The van der Waals surface area contributed by atoms with Gasteiger partial charge in [-0.15, -0.1) is 0 Å². The van der Waals surface area contributed by atoms with Gasteiger partial charge in [0.1, 0.15) is 0 Å². The second-order valence-corrected chi connectivity index (χ2v) is 10.8. The standard InChI is InChI=1S/C21H27NO6S2/c1-16-6-10-20(11-7-16)29(23,24)27-14-18-4-3-5-19(22-18)15-28-30(25,26)21-12-8-17(2)9-13-21/h6-13,18-19,22H,3-5,14-15H2,1-2H3. The molecule has 0 spiro atoms. The fraction of sp³-hybridized carbons (Fsp3) is 0.429. The van der Waals surface area contributed by atoms with Gasteiger partial charge in [0.15, 0.2) is 0 Å². The molecule has 0 bridgehead atoms. The van der Waals surface area contributed by atoms with Crippen LogP contribution in [-0.2, 0) is 28.6 Å². The van der Waals surface area contributed by atoms with Crippen molar-refractivity contribution in [2.45, 2.75) is 55.0 Å². The summed E-state index contributed by atoms with van der Waals surface area (Å²) in [5, 5.41) is 3.24. The highest BCUT2D eigenvalue weighted by Gasteiger charge is 2.26. The summed E-state index contributed by atoms with van der Waals surface area (Å²) in [6.07, 6.45) is 2.31. The third-order valence-corrected chi connectivity index (χ3v) is 7.64. The molecule has 7 nitrogen and oxygen atoms in total. The van der Waals surface area contributed by atoms with Gasteiger partial charge >= 0.3 is 0 Å². The number of aryl methyl sites for hydroxylation is 2. The molecule has 1 aliphatic heterocycles. The second-order valence-electron chi connectivity index (χ2n) is 7.59.